The van der Waals surface area contributed by atoms with Crippen LogP contribution in [0.3, 0.4) is 0 Å². The molecular weight excluding hydrogens is 382 g/mol. The van der Waals surface area contributed by atoms with Crippen LogP contribution in [0, 0.1) is 0 Å². The van der Waals surface area contributed by atoms with Gasteiger partial charge in [-0.15, -0.1) is 5.11 Å². The predicted octanol–water partition coefficient (Wildman–Crippen LogP) is 4.38. The Hall–Kier alpha value is -2.36. The minimum Gasteiger partial charge on any atom is -0.495 e. The van der Waals surface area contributed by atoms with E-state index in [9.17, 15) is 13.0 Å². The van der Waals surface area contributed by atoms with Crippen LogP contribution in [-0.2, 0) is 10.1 Å². The van der Waals surface area contributed by atoms with E-state index >= 15 is 0 Å². The molecule has 0 aliphatic rings. The van der Waals surface area contributed by atoms with E-state index in [4.69, 9.17) is 26.8 Å². The molecule has 0 atom stereocenters. The number of halogens is 1. The molecule has 2 rings (SSSR count). The predicted molar refractivity (Wildman–Crippen MR) is 98.6 cm³/mol. The molecule has 26 heavy (non-hydrogen) atoms. The fourth-order valence-electron chi connectivity index (χ4n) is 2.01. The summed E-state index contributed by atoms with van der Waals surface area (Å²) in [6, 6.07) is 7.02. The fraction of sp³-hybridized carbons (Fsp3) is 0.250. The number of nitrogens with zero attached hydrogens (tertiary/aromatic N) is 2. The highest BCUT2D eigenvalue weighted by molar-refractivity contribution is 7.86. The molecule has 0 bridgehead atoms. The second-order valence-electron chi connectivity index (χ2n) is 5.20. The minimum atomic E-state index is -4.47. The first-order valence-electron chi connectivity index (χ1n) is 7.55. The van der Waals surface area contributed by atoms with Crippen LogP contribution in [0.1, 0.15) is 13.3 Å². The van der Waals surface area contributed by atoms with Gasteiger partial charge in [0.05, 0.1) is 30.1 Å². The third kappa shape index (κ3) is 4.84. The average molecular weight is 400 g/mol. The van der Waals surface area contributed by atoms with Gasteiger partial charge in [-0.25, -0.2) is 0 Å². The second-order valence-corrected chi connectivity index (χ2v) is 7.00. The smallest absolute Gasteiger partial charge is 0.298 e. The lowest BCUT2D eigenvalue weighted by atomic mass is 10.2. The molecule has 0 unspecified atom stereocenters. The lowest BCUT2D eigenvalue weighted by Crippen LogP contribution is -2.01. The van der Waals surface area contributed by atoms with Crippen molar-refractivity contribution in [2.45, 2.75) is 18.2 Å². The maximum Gasteiger partial charge on any atom is 0.298 e. The van der Waals surface area contributed by atoms with Gasteiger partial charge in [0.25, 0.3) is 10.1 Å². The van der Waals surface area contributed by atoms with Crippen molar-refractivity contribution in [2.75, 3.05) is 19.5 Å². The van der Waals surface area contributed by atoms with E-state index in [1.807, 2.05) is 6.92 Å². The van der Waals surface area contributed by atoms with Crippen molar-refractivity contribution in [1.82, 2.24) is 0 Å². The zero-order valence-electron chi connectivity index (χ0n) is 14.1. The zero-order valence-corrected chi connectivity index (χ0v) is 15.7. The molecule has 0 spiro atoms. The van der Waals surface area contributed by atoms with E-state index in [0.717, 1.165) is 12.5 Å². The van der Waals surface area contributed by atoms with Crippen molar-refractivity contribution in [3.8, 4) is 11.5 Å². The van der Waals surface area contributed by atoms with Gasteiger partial charge in [0.2, 0.25) is 0 Å². The molecule has 0 aliphatic heterocycles. The first-order chi connectivity index (χ1) is 12.3. The third-order valence-electron chi connectivity index (χ3n) is 3.24. The van der Waals surface area contributed by atoms with E-state index in [2.05, 4.69) is 10.2 Å². The van der Waals surface area contributed by atoms with Gasteiger partial charge in [-0.2, -0.15) is 13.5 Å². The Morgan fingerprint density at radius 1 is 1.19 bits per heavy atom. The highest BCUT2D eigenvalue weighted by Crippen LogP contribution is 2.36. The summed E-state index contributed by atoms with van der Waals surface area (Å²) in [7, 11) is -3.18. The third-order valence-corrected chi connectivity index (χ3v) is 4.42. The molecule has 0 heterocycles. The average Bonchev–Trinajstić information content (AvgIpc) is 2.59. The number of azo groups is 1. The van der Waals surface area contributed by atoms with Crippen LogP contribution in [0.4, 0.5) is 17.1 Å². The summed E-state index contributed by atoms with van der Waals surface area (Å²) in [6.07, 6.45) is 0.809. The number of nitrogens with two attached hydrogens (primary N) is 1. The van der Waals surface area contributed by atoms with E-state index < -0.39 is 15.0 Å². The summed E-state index contributed by atoms with van der Waals surface area (Å²) in [5, 5.41) is 8.22. The van der Waals surface area contributed by atoms with Crippen molar-refractivity contribution >= 4 is 38.8 Å². The molecule has 0 fully saturated rings. The van der Waals surface area contributed by atoms with Gasteiger partial charge in [0.15, 0.2) is 0 Å². The van der Waals surface area contributed by atoms with Crippen molar-refractivity contribution in [3.05, 3.63) is 35.4 Å². The Morgan fingerprint density at radius 2 is 1.92 bits per heavy atom. The molecule has 2 aromatic rings. The first kappa shape index (κ1) is 20.0. The zero-order chi connectivity index (χ0) is 19.3. The summed E-state index contributed by atoms with van der Waals surface area (Å²) < 4.78 is 42.6. The molecule has 8 nitrogen and oxygen atoms in total. The lowest BCUT2D eigenvalue weighted by molar-refractivity contribution is 0.319. The molecule has 10 heteroatoms. The summed E-state index contributed by atoms with van der Waals surface area (Å²) in [6.45, 7) is 2.45. The molecular formula is C16H18ClN3O5S. The van der Waals surface area contributed by atoms with Crippen molar-refractivity contribution in [2.24, 2.45) is 10.2 Å². The first-order valence-corrected chi connectivity index (χ1v) is 9.37. The number of benzene rings is 2. The summed E-state index contributed by atoms with van der Waals surface area (Å²) >= 11 is 6.11. The van der Waals surface area contributed by atoms with E-state index in [-0.39, 0.29) is 16.5 Å². The molecule has 0 saturated heterocycles. The summed E-state index contributed by atoms with van der Waals surface area (Å²) in [4.78, 5) is -0.410. The van der Waals surface area contributed by atoms with Crippen LogP contribution >= 0.6 is 11.6 Å². The lowest BCUT2D eigenvalue weighted by Gasteiger charge is -2.09. The Bertz CT molecular complexity index is 932. The van der Waals surface area contributed by atoms with E-state index in [1.165, 1.54) is 25.3 Å². The molecule has 0 radical (unpaired) electrons. The fourth-order valence-corrected chi connectivity index (χ4v) is 2.90. The van der Waals surface area contributed by atoms with Gasteiger partial charge in [-0.3, -0.25) is 4.55 Å². The largest absolute Gasteiger partial charge is 0.495 e. The van der Waals surface area contributed by atoms with Gasteiger partial charge >= 0.3 is 0 Å². The van der Waals surface area contributed by atoms with Gasteiger partial charge in [0.1, 0.15) is 22.1 Å². The molecule has 0 aromatic heterocycles. The Labute approximate surface area is 156 Å². The molecule has 2 aromatic carbocycles. The van der Waals surface area contributed by atoms with Gasteiger partial charge in [-0.05, 0) is 30.7 Å². The number of rotatable bonds is 7. The number of ether oxygens (including phenoxy) is 2. The second kappa shape index (κ2) is 8.35. The van der Waals surface area contributed by atoms with Crippen molar-refractivity contribution in [3.63, 3.8) is 0 Å². The van der Waals surface area contributed by atoms with E-state index in [1.54, 1.807) is 6.07 Å². The maximum absolute atomic E-state index is 11.4. The maximum atomic E-state index is 11.4. The van der Waals surface area contributed by atoms with E-state index in [0.29, 0.717) is 23.7 Å². The van der Waals surface area contributed by atoms with Crippen LogP contribution < -0.4 is 15.2 Å². The van der Waals surface area contributed by atoms with Gasteiger partial charge in [0, 0.05) is 6.07 Å². The Balaban J connectivity index is 2.38. The SMILES string of the molecule is CCCOc1cc(N=Nc2ccc(OC)c(S(=O)(=O)O)c2)c(Cl)cc1N. The van der Waals surface area contributed by atoms with Crippen LogP contribution in [0.15, 0.2) is 45.5 Å². The molecule has 140 valence electrons. The topological polar surface area (TPSA) is 124 Å². The molecule has 3 N–H and O–H groups in total. The Kier molecular flexibility index (Phi) is 6.41. The summed E-state index contributed by atoms with van der Waals surface area (Å²) in [5.41, 5.74) is 6.71. The highest BCUT2D eigenvalue weighted by atomic mass is 35.5. The Morgan fingerprint density at radius 3 is 2.54 bits per heavy atom. The van der Waals surface area contributed by atoms with Gasteiger partial charge < -0.3 is 15.2 Å². The molecule has 0 saturated carbocycles. The number of anilines is 1. The standard InChI is InChI=1S/C16H18ClN3O5S/c1-3-6-25-15-9-13(11(17)8-12(15)18)20-19-10-4-5-14(24-2)16(7-10)26(21,22)23/h4-5,7-9H,3,6,18H2,1-2H3,(H,21,22,23). The number of hydrogen-bond donors (Lipinski definition) is 2. The minimum absolute atomic E-state index is 0.00720. The van der Waals surface area contributed by atoms with Gasteiger partial charge in [-0.1, -0.05) is 18.5 Å². The molecule has 0 aliphatic carbocycles. The van der Waals surface area contributed by atoms with Crippen molar-refractivity contribution in [1.29, 1.82) is 0 Å². The highest BCUT2D eigenvalue weighted by Gasteiger charge is 2.17. The van der Waals surface area contributed by atoms with Crippen LogP contribution in [0.5, 0.6) is 11.5 Å². The van der Waals surface area contributed by atoms with Crippen molar-refractivity contribution < 1.29 is 22.4 Å². The van der Waals surface area contributed by atoms with Crippen LogP contribution in [-0.4, -0.2) is 26.7 Å². The normalized spacial score (nSPS) is 11.7. The number of nitrogen functional groups attached to an aromatic ring is 1. The monoisotopic (exact) mass is 399 g/mol. The number of methoxy groups -OCH3 is 1. The van der Waals surface area contributed by atoms with Crippen LogP contribution in [0.25, 0.3) is 0 Å². The number of hydrogen-bond acceptors (Lipinski definition) is 7. The summed E-state index contributed by atoms with van der Waals surface area (Å²) in [5.74, 6) is 0.422. The molecule has 0 amide bonds. The van der Waals surface area contributed by atoms with Crippen LogP contribution in [0.2, 0.25) is 5.02 Å². The quantitative estimate of drug-likeness (QED) is 0.404.